The van der Waals surface area contributed by atoms with Crippen LogP contribution in [0.1, 0.15) is 11.1 Å². The Balaban J connectivity index is 2.63. The van der Waals surface area contributed by atoms with E-state index in [0.29, 0.717) is 0 Å². The molecular formula is C11H18N4O2S. The van der Waals surface area contributed by atoms with Crippen molar-refractivity contribution in [3.63, 3.8) is 0 Å². The minimum Gasteiger partial charge on any atom is -0.370 e. The number of guanidine groups is 1. The molecule has 0 unspecified atom stereocenters. The number of aryl methyl sites for hydroxylation is 2. The Hall–Kier alpha value is -1.60. The molecule has 18 heavy (non-hydrogen) atoms. The zero-order chi connectivity index (χ0) is 13.8. The molecule has 1 rings (SSSR count). The fourth-order valence-corrected chi connectivity index (χ4v) is 1.87. The van der Waals surface area contributed by atoms with Gasteiger partial charge in [0.25, 0.3) is 0 Å². The predicted molar refractivity (Wildman–Crippen MR) is 74.0 cm³/mol. The van der Waals surface area contributed by atoms with E-state index in [1.807, 2.05) is 32.0 Å². The quantitative estimate of drug-likeness (QED) is 0.540. The molecule has 0 aliphatic heterocycles. The van der Waals surface area contributed by atoms with Gasteiger partial charge in [0.2, 0.25) is 10.0 Å². The van der Waals surface area contributed by atoms with Gasteiger partial charge in [-0.05, 0) is 37.1 Å². The van der Waals surface area contributed by atoms with Crippen LogP contribution >= 0.6 is 0 Å². The average Bonchev–Trinajstić information content (AvgIpc) is 2.12. The Bertz CT molecular complexity index is 532. The molecule has 0 aliphatic rings. The molecule has 7 heteroatoms. The Morgan fingerprint density at radius 2 is 1.83 bits per heavy atom. The van der Waals surface area contributed by atoms with E-state index in [0.717, 1.165) is 16.8 Å². The minimum absolute atomic E-state index is 0.0441. The topological polar surface area (TPSA) is 111 Å². The van der Waals surface area contributed by atoms with Gasteiger partial charge in [0, 0.05) is 5.69 Å². The number of nitrogens with zero attached hydrogens (tertiary/aromatic N) is 1. The van der Waals surface area contributed by atoms with Crippen LogP contribution < -0.4 is 16.2 Å². The van der Waals surface area contributed by atoms with Crippen molar-refractivity contribution in [3.05, 3.63) is 29.3 Å². The Morgan fingerprint density at radius 3 is 2.33 bits per heavy atom. The van der Waals surface area contributed by atoms with Gasteiger partial charge in [-0.2, -0.15) is 0 Å². The molecule has 100 valence electrons. The number of anilines is 1. The van der Waals surface area contributed by atoms with Gasteiger partial charge in [0.1, 0.15) is 0 Å². The van der Waals surface area contributed by atoms with Crippen molar-refractivity contribution >= 4 is 21.7 Å². The normalized spacial score (nSPS) is 12.5. The number of nitrogens with one attached hydrogen (secondary N) is 1. The van der Waals surface area contributed by atoms with Crippen LogP contribution in [0, 0.1) is 13.8 Å². The van der Waals surface area contributed by atoms with Crippen molar-refractivity contribution in [1.29, 1.82) is 0 Å². The third-order valence-corrected chi connectivity index (χ3v) is 2.90. The second kappa shape index (κ2) is 5.83. The van der Waals surface area contributed by atoms with E-state index in [1.165, 1.54) is 0 Å². The molecule has 0 saturated heterocycles. The van der Waals surface area contributed by atoms with Crippen molar-refractivity contribution in [2.24, 2.45) is 15.9 Å². The molecule has 0 aliphatic carbocycles. The molecular weight excluding hydrogens is 252 g/mol. The molecule has 6 nitrogen and oxygen atoms in total. The maximum Gasteiger partial charge on any atom is 0.210 e. The van der Waals surface area contributed by atoms with Crippen LogP contribution in [-0.4, -0.2) is 26.7 Å². The van der Waals surface area contributed by atoms with Gasteiger partial charge in [-0.15, -0.1) is 0 Å². The number of hydrogen-bond donors (Lipinski definition) is 3. The number of rotatable bonds is 4. The highest BCUT2D eigenvalue weighted by atomic mass is 32.2. The Kier molecular flexibility index (Phi) is 4.69. The van der Waals surface area contributed by atoms with Gasteiger partial charge in [0.15, 0.2) is 5.96 Å². The SMILES string of the molecule is Cc1cc(C)cc(NC(N)=NCCS(N)(=O)=O)c1. The summed E-state index contributed by atoms with van der Waals surface area (Å²) < 4.78 is 21.4. The molecule has 0 fully saturated rings. The first-order valence-electron chi connectivity index (χ1n) is 5.42. The van der Waals surface area contributed by atoms with E-state index in [4.69, 9.17) is 10.9 Å². The average molecular weight is 270 g/mol. The zero-order valence-electron chi connectivity index (χ0n) is 10.5. The molecule has 5 N–H and O–H groups in total. The van der Waals surface area contributed by atoms with Crippen LogP contribution in [-0.2, 0) is 10.0 Å². The van der Waals surface area contributed by atoms with Gasteiger partial charge >= 0.3 is 0 Å². The molecule has 0 atom stereocenters. The van der Waals surface area contributed by atoms with Gasteiger partial charge in [-0.1, -0.05) is 6.07 Å². The van der Waals surface area contributed by atoms with Crippen LogP contribution in [0.25, 0.3) is 0 Å². The van der Waals surface area contributed by atoms with Gasteiger partial charge < -0.3 is 11.1 Å². The van der Waals surface area contributed by atoms with E-state index in [1.54, 1.807) is 0 Å². The lowest BCUT2D eigenvalue weighted by Crippen LogP contribution is -2.25. The summed E-state index contributed by atoms with van der Waals surface area (Å²) in [5, 5.41) is 7.76. The summed E-state index contributed by atoms with van der Waals surface area (Å²) in [5.41, 5.74) is 8.67. The minimum atomic E-state index is -3.50. The smallest absolute Gasteiger partial charge is 0.210 e. The van der Waals surface area contributed by atoms with E-state index in [9.17, 15) is 8.42 Å². The lowest BCUT2D eigenvalue weighted by atomic mass is 10.1. The molecule has 0 spiro atoms. The van der Waals surface area contributed by atoms with Crippen LogP contribution in [0.5, 0.6) is 0 Å². The van der Waals surface area contributed by atoms with Gasteiger partial charge in [0.05, 0.1) is 12.3 Å². The summed E-state index contributed by atoms with van der Waals surface area (Å²) in [6.07, 6.45) is 0. The monoisotopic (exact) mass is 270 g/mol. The summed E-state index contributed by atoms with van der Waals surface area (Å²) in [5.74, 6) is -0.0500. The largest absolute Gasteiger partial charge is 0.370 e. The molecule has 0 radical (unpaired) electrons. The Morgan fingerprint density at radius 1 is 1.28 bits per heavy atom. The molecule has 0 amide bonds. The fourth-order valence-electron chi connectivity index (χ4n) is 1.53. The van der Waals surface area contributed by atoms with E-state index in [2.05, 4.69) is 10.3 Å². The van der Waals surface area contributed by atoms with Crippen LogP contribution in [0.2, 0.25) is 0 Å². The number of primary sulfonamides is 1. The highest BCUT2D eigenvalue weighted by Crippen LogP contribution is 2.13. The highest BCUT2D eigenvalue weighted by Gasteiger charge is 2.01. The van der Waals surface area contributed by atoms with Crippen molar-refractivity contribution < 1.29 is 8.42 Å². The van der Waals surface area contributed by atoms with E-state index < -0.39 is 10.0 Å². The second-order valence-corrected chi connectivity index (χ2v) is 5.87. The first-order valence-corrected chi connectivity index (χ1v) is 7.13. The Labute approximate surface area is 107 Å². The standard InChI is InChI=1S/C11H18N4O2S/c1-8-5-9(2)7-10(6-8)15-11(12)14-3-4-18(13,16)17/h5-7H,3-4H2,1-2H3,(H3,12,14,15)(H2,13,16,17). The second-order valence-electron chi connectivity index (χ2n) is 4.14. The highest BCUT2D eigenvalue weighted by molar-refractivity contribution is 7.89. The van der Waals surface area contributed by atoms with Crippen molar-refractivity contribution in [2.75, 3.05) is 17.6 Å². The number of nitrogens with two attached hydrogens (primary N) is 2. The molecule has 0 aromatic heterocycles. The third kappa shape index (κ3) is 5.65. The predicted octanol–water partition coefficient (Wildman–Crippen LogP) is 0.319. The summed E-state index contributed by atoms with van der Waals surface area (Å²) >= 11 is 0. The van der Waals surface area contributed by atoms with Gasteiger partial charge in [-0.3, -0.25) is 4.99 Å². The van der Waals surface area contributed by atoms with Gasteiger partial charge in [-0.25, -0.2) is 13.6 Å². The van der Waals surface area contributed by atoms with E-state index >= 15 is 0 Å². The first kappa shape index (κ1) is 14.5. The molecule has 1 aromatic carbocycles. The molecule has 1 aromatic rings. The van der Waals surface area contributed by atoms with Crippen molar-refractivity contribution in [1.82, 2.24) is 0 Å². The van der Waals surface area contributed by atoms with Crippen molar-refractivity contribution in [3.8, 4) is 0 Å². The summed E-state index contributed by atoms with van der Waals surface area (Å²) in [6, 6.07) is 5.89. The van der Waals surface area contributed by atoms with Crippen LogP contribution in [0.3, 0.4) is 0 Å². The number of hydrogen-bond acceptors (Lipinski definition) is 3. The number of benzene rings is 1. The third-order valence-electron chi connectivity index (χ3n) is 2.15. The number of aliphatic imine (C=N–C) groups is 1. The molecule has 0 bridgehead atoms. The van der Waals surface area contributed by atoms with Crippen LogP contribution in [0.4, 0.5) is 5.69 Å². The van der Waals surface area contributed by atoms with E-state index in [-0.39, 0.29) is 18.3 Å². The maximum atomic E-state index is 10.7. The lowest BCUT2D eigenvalue weighted by molar-refractivity contribution is 0.597. The summed E-state index contributed by atoms with van der Waals surface area (Å²) in [6.45, 7) is 4.00. The van der Waals surface area contributed by atoms with Crippen LogP contribution in [0.15, 0.2) is 23.2 Å². The summed E-state index contributed by atoms with van der Waals surface area (Å²) in [7, 11) is -3.50. The van der Waals surface area contributed by atoms with Crippen molar-refractivity contribution in [2.45, 2.75) is 13.8 Å². The lowest BCUT2D eigenvalue weighted by Gasteiger charge is -2.07. The first-order chi connectivity index (χ1) is 8.26. The fraction of sp³-hybridized carbons (Fsp3) is 0.364. The molecule has 0 heterocycles. The summed E-state index contributed by atoms with van der Waals surface area (Å²) in [4.78, 5) is 3.89. The number of sulfonamides is 1. The zero-order valence-corrected chi connectivity index (χ0v) is 11.3. The molecule has 0 saturated carbocycles. The maximum absolute atomic E-state index is 10.7.